The Morgan fingerprint density at radius 1 is 1.56 bits per heavy atom. The van der Waals surface area contributed by atoms with Crippen LogP contribution in [0.2, 0.25) is 0 Å². The molecular formula is C11H12N2O3. The standard InChI is InChI=1S/C11H12N2O3/c1-3-8-12(9(2)14)10-6-4-5-7-11(10)13(15)16/h3-7H,1,8H2,2H3. The monoisotopic (exact) mass is 220 g/mol. The Balaban J connectivity index is 3.22. The summed E-state index contributed by atoms with van der Waals surface area (Å²) in [6, 6.07) is 6.13. The minimum absolute atomic E-state index is 0.0837. The first-order chi connectivity index (χ1) is 7.57. The van der Waals surface area contributed by atoms with Gasteiger partial charge in [-0.1, -0.05) is 18.2 Å². The smallest absolute Gasteiger partial charge is 0.292 e. The van der Waals surface area contributed by atoms with Crippen molar-refractivity contribution in [2.45, 2.75) is 6.92 Å². The summed E-state index contributed by atoms with van der Waals surface area (Å²) in [5.41, 5.74) is 0.208. The number of anilines is 1. The maximum absolute atomic E-state index is 11.4. The fraction of sp³-hybridized carbons (Fsp3) is 0.182. The van der Waals surface area contributed by atoms with Crippen molar-refractivity contribution in [3.8, 4) is 0 Å². The molecule has 0 atom stereocenters. The molecule has 0 spiro atoms. The molecule has 0 fully saturated rings. The first-order valence-electron chi connectivity index (χ1n) is 4.70. The molecule has 0 aliphatic heterocycles. The van der Waals surface area contributed by atoms with Gasteiger partial charge in [-0.3, -0.25) is 14.9 Å². The summed E-state index contributed by atoms with van der Waals surface area (Å²) in [6.07, 6.45) is 1.53. The summed E-state index contributed by atoms with van der Waals surface area (Å²) in [6.45, 7) is 5.13. The van der Waals surface area contributed by atoms with Gasteiger partial charge in [-0.05, 0) is 6.07 Å². The molecule has 1 aromatic carbocycles. The van der Waals surface area contributed by atoms with Crippen LogP contribution in [0.3, 0.4) is 0 Å². The minimum atomic E-state index is -0.506. The van der Waals surface area contributed by atoms with Gasteiger partial charge < -0.3 is 4.90 Å². The predicted molar refractivity (Wildman–Crippen MR) is 61.3 cm³/mol. The van der Waals surface area contributed by atoms with Gasteiger partial charge in [-0.25, -0.2) is 0 Å². The molecule has 0 saturated heterocycles. The SMILES string of the molecule is C=CCN(C(C)=O)c1ccccc1[N+](=O)[O-]. The number of nitro benzene ring substituents is 1. The number of para-hydroxylation sites is 2. The maximum atomic E-state index is 11.4. The van der Waals surface area contributed by atoms with Gasteiger partial charge in [0, 0.05) is 19.5 Å². The Hall–Kier alpha value is -2.17. The van der Waals surface area contributed by atoms with Crippen LogP contribution in [0.25, 0.3) is 0 Å². The van der Waals surface area contributed by atoms with Gasteiger partial charge in [-0.2, -0.15) is 0 Å². The van der Waals surface area contributed by atoms with Gasteiger partial charge in [0.15, 0.2) is 0 Å². The van der Waals surface area contributed by atoms with Crippen molar-refractivity contribution in [1.82, 2.24) is 0 Å². The van der Waals surface area contributed by atoms with Gasteiger partial charge in [0.2, 0.25) is 5.91 Å². The fourth-order valence-corrected chi connectivity index (χ4v) is 1.37. The van der Waals surface area contributed by atoms with Crippen molar-refractivity contribution in [2.24, 2.45) is 0 Å². The molecule has 0 aliphatic rings. The number of amides is 1. The summed E-state index contributed by atoms with van der Waals surface area (Å²) in [5.74, 6) is -0.255. The van der Waals surface area contributed by atoms with Crippen molar-refractivity contribution in [3.05, 3.63) is 47.0 Å². The van der Waals surface area contributed by atoms with Crippen molar-refractivity contribution in [2.75, 3.05) is 11.4 Å². The van der Waals surface area contributed by atoms with Gasteiger partial charge in [-0.15, -0.1) is 6.58 Å². The van der Waals surface area contributed by atoms with E-state index in [9.17, 15) is 14.9 Å². The predicted octanol–water partition coefficient (Wildman–Crippen LogP) is 2.13. The maximum Gasteiger partial charge on any atom is 0.292 e. The van der Waals surface area contributed by atoms with Crippen molar-refractivity contribution >= 4 is 17.3 Å². The Kier molecular flexibility index (Phi) is 3.77. The first-order valence-corrected chi connectivity index (χ1v) is 4.70. The number of nitrogens with zero attached hydrogens (tertiary/aromatic N) is 2. The van der Waals surface area contributed by atoms with E-state index in [1.54, 1.807) is 18.2 Å². The molecule has 1 amide bonds. The first kappa shape index (κ1) is 11.9. The van der Waals surface area contributed by atoms with Crippen LogP contribution < -0.4 is 4.90 Å². The second-order valence-corrected chi connectivity index (χ2v) is 3.16. The van der Waals surface area contributed by atoms with Gasteiger partial charge >= 0.3 is 0 Å². The Labute approximate surface area is 93.1 Å². The number of carbonyl (C=O) groups is 1. The molecule has 0 unspecified atom stereocenters. The number of rotatable bonds is 4. The van der Waals surface area contributed by atoms with E-state index < -0.39 is 4.92 Å². The summed E-state index contributed by atoms with van der Waals surface area (Å²) >= 11 is 0. The van der Waals surface area contributed by atoms with Crippen LogP contribution in [0.5, 0.6) is 0 Å². The molecule has 0 heterocycles. The van der Waals surface area contributed by atoms with Gasteiger partial charge in [0.25, 0.3) is 5.69 Å². The van der Waals surface area contributed by atoms with E-state index in [-0.39, 0.29) is 18.1 Å². The Bertz CT molecular complexity index is 429. The molecule has 1 aromatic rings. The molecule has 84 valence electrons. The van der Waals surface area contributed by atoms with Crippen molar-refractivity contribution < 1.29 is 9.72 Å². The lowest BCUT2D eigenvalue weighted by molar-refractivity contribution is -0.384. The zero-order valence-corrected chi connectivity index (χ0v) is 8.92. The molecule has 0 saturated carbocycles. The minimum Gasteiger partial charge on any atom is -0.303 e. The molecule has 0 N–H and O–H groups in total. The van der Waals surface area contributed by atoms with Gasteiger partial charge in [0.05, 0.1) is 4.92 Å². The molecule has 0 radical (unpaired) electrons. The van der Waals surface area contributed by atoms with Crippen LogP contribution in [0.4, 0.5) is 11.4 Å². The number of nitro groups is 1. The number of benzene rings is 1. The van der Waals surface area contributed by atoms with Crippen molar-refractivity contribution in [1.29, 1.82) is 0 Å². The third-order valence-electron chi connectivity index (χ3n) is 2.06. The Morgan fingerprint density at radius 3 is 2.69 bits per heavy atom. The van der Waals surface area contributed by atoms with Crippen LogP contribution in [0, 0.1) is 10.1 Å². The van der Waals surface area contributed by atoms with Crippen LogP contribution in [0.15, 0.2) is 36.9 Å². The van der Waals surface area contributed by atoms with E-state index in [1.165, 1.54) is 24.0 Å². The summed E-state index contributed by atoms with van der Waals surface area (Å²) in [7, 11) is 0. The highest BCUT2D eigenvalue weighted by atomic mass is 16.6. The van der Waals surface area contributed by atoms with Crippen LogP contribution in [-0.4, -0.2) is 17.4 Å². The fourth-order valence-electron chi connectivity index (χ4n) is 1.37. The van der Waals surface area contributed by atoms with E-state index >= 15 is 0 Å². The van der Waals surface area contributed by atoms with Crippen LogP contribution in [0.1, 0.15) is 6.92 Å². The lowest BCUT2D eigenvalue weighted by Crippen LogP contribution is -2.29. The third-order valence-corrected chi connectivity index (χ3v) is 2.06. The zero-order chi connectivity index (χ0) is 12.1. The molecule has 0 aromatic heterocycles. The van der Waals surface area contributed by atoms with Crippen molar-refractivity contribution in [3.63, 3.8) is 0 Å². The highest BCUT2D eigenvalue weighted by molar-refractivity contribution is 5.94. The second kappa shape index (κ2) is 5.06. The van der Waals surface area contributed by atoms with Crippen LogP contribution >= 0.6 is 0 Å². The molecule has 0 aliphatic carbocycles. The normalized spacial score (nSPS) is 9.56. The molecular weight excluding hydrogens is 208 g/mol. The second-order valence-electron chi connectivity index (χ2n) is 3.16. The highest BCUT2D eigenvalue weighted by Gasteiger charge is 2.20. The molecule has 0 bridgehead atoms. The van der Waals surface area contributed by atoms with E-state index in [2.05, 4.69) is 6.58 Å². The number of carbonyl (C=O) groups excluding carboxylic acids is 1. The molecule has 5 nitrogen and oxygen atoms in total. The topological polar surface area (TPSA) is 63.5 Å². The van der Waals surface area contributed by atoms with E-state index in [4.69, 9.17) is 0 Å². The van der Waals surface area contributed by atoms with Gasteiger partial charge in [0.1, 0.15) is 5.69 Å². The Morgan fingerprint density at radius 2 is 2.19 bits per heavy atom. The van der Waals surface area contributed by atoms with E-state index in [1.807, 2.05) is 0 Å². The number of hydrogen-bond donors (Lipinski definition) is 0. The van der Waals surface area contributed by atoms with E-state index in [0.29, 0.717) is 5.69 Å². The summed E-state index contributed by atoms with van der Waals surface area (Å²) < 4.78 is 0. The summed E-state index contributed by atoms with van der Waals surface area (Å²) in [5, 5.41) is 10.8. The lowest BCUT2D eigenvalue weighted by atomic mass is 10.2. The quantitative estimate of drug-likeness (QED) is 0.443. The lowest BCUT2D eigenvalue weighted by Gasteiger charge is -2.18. The summed E-state index contributed by atoms with van der Waals surface area (Å²) in [4.78, 5) is 23.0. The zero-order valence-electron chi connectivity index (χ0n) is 8.92. The molecule has 1 rings (SSSR count). The number of hydrogen-bond acceptors (Lipinski definition) is 3. The third kappa shape index (κ3) is 2.44. The molecule has 5 heteroatoms. The largest absolute Gasteiger partial charge is 0.303 e. The highest BCUT2D eigenvalue weighted by Crippen LogP contribution is 2.27. The average Bonchev–Trinajstić information content (AvgIpc) is 2.25. The van der Waals surface area contributed by atoms with Crippen LogP contribution in [-0.2, 0) is 4.79 Å². The average molecular weight is 220 g/mol. The van der Waals surface area contributed by atoms with E-state index in [0.717, 1.165) is 0 Å². The molecule has 16 heavy (non-hydrogen) atoms.